The third-order valence-corrected chi connectivity index (χ3v) is 3.89. The summed E-state index contributed by atoms with van der Waals surface area (Å²) in [5.74, 6) is 0.882. The lowest BCUT2D eigenvalue weighted by molar-refractivity contribution is -0.156. The van der Waals surface area contributed by atoms with E-state index in [4.69, 9.17) is 4.74 Å². The molecule has 2 heteroatoms. The molecule has 0 amide bonds. The van der Waals surface area contributed by atoms with E-state index in [1.807, 2.05) is 13.0 Å². The molecule has 1 aliphatic rings. The number of carbonyl (C=O) groups is 1. The third-order valence-electron chi connectivity index (χ3n) is 3.89. The fourth-order valence-corrected chi connectivity index (χ4v) is 2.89. The number of cyclic esters (lactones) is 1. The van der Waals surface area contributed by atoms with Gasteiger partial charge in [-0.3, -0.25) is 4.79 Å². The topological polar surface area (TPSA) is 26.3 Å². The maximum absolute atomic E-state index is 11.6. The second kappa shape index (κ2) is 5.35. The molecule has 1 aliphatic heterocycles. The fraction of sp³-hybridized carbons (Fsp3) is 0.533. The lowest BCUT2D eigenvalue weighted by Gasteiger charge is -2.34. The van der Waals surface area contributed by atoms with E-state index in [0.29, 0.717) is 18.4 Å². The van der Waals surface area contributed by atoms with Gasteiger partial charge in [0, 0.05) is 0 Å². The van der Waals surface area contributed by atoms with E-state index in [1.165, 1.54) is 5.56 Å². The van der Waals surface area contributed by atoms with Crippen LogP contribution in [-0.2, 0) is 9.53 Å². The molecule has 0 saturated carbocycles. The van der Waals surface area contributed by atoms with Gasteiger partial charge in [0.25, 0.3) is 0 Å². The zero-order chi connectivity index (χ0) is 12.3. The van der Waals surface area contributed by atoms with Crippen molar-refractivity contribution >= 4 is 5.97 Å². The van der Waals surface area contributed by atoms with Crippen LogP contribution in [-0.4, -0.2) is 12.6 Å². The molecule has 0 radical (unpaired) electrons. The van der Waals surface area contributed by atoms with Gasteiger partial charge >= 0.3 is 5.97 Å². The number of hydrogen-bond acceptors (Lipinski definition) is 2. The lowest BCUT2D eigenvalue weighted by atomic mass is 9.74. The smallest absolute Gasteiger partial charge is 0.308 e. The average molecular weight is 232 g/mol. The van der Waals surface area contributed by atoms with Crippen LogP contribution in [0, 0.1) is 11.8 Å². The Hall–Kier alpha value is -1.31. The van der Waals surface area contributed by atoms with E-state index in [1.54, 1.807) is 0 Å². The molecule has 1 aromatic carbocycles. The molecule has 0 spiro atoms. The van der Waals surface area contributed by atoms with Gasteiger partial charge < -0.3 is 4.74 Å². The minimum atomic E-state index is -0.0318. The maximum Gasteiger partial charge on any atom is 0.308 e. The van der Waals surface area contributed by atoms with Gasteiger partial charge in [-0.2, -0.15) is 0 Å². The number of rotatable bonds is 3. The molecule has 1 fully saturated rings. The zero-order valence-corrected chi connectivity index (χ0v) is 10.6. The van der Waals surface area contributed by atoms with Crippen LogP contribution in [0.1, 0.15) is 38.2 Å². The van der Waals surface area contributed by atoms with Crippen molar-refractivity contribution in [2.45, 2.75) is 32.6 Å². The van der Waals surface area contributed by atoms with Gasteiger partial charge in [0.15, 0.2) is 0 Å². The predicted octanol–water partition coefficient (Wildman–Crippen LogP) is 3.38. The van der Waals surface area contributed by atoms with Crippen LogP contribution in [0.4, 0.5) is 0 Å². The molecule has 92 valence electrons. The van der Waals surface area contributed by atoms with Gasteiger partial charge in [-0.15, -0.1) is 0 Å². The van der Waals surface area contributed by atoms with Crippen molar-refractivity contribution in [3.8, 4) is 0 Å². The quantitative estimate of drug-likeness (QED) is 0.747. The summed E-state index contributed by atoms with van der Waals surface area (Å²) < 4.78 is 5.11. The van der Waals surface area contributed by atoms with Crippen molar-refractivity contribution in [3.05, 3.63) is 35.9 Å². The summed E-state index contributed by atoms with van der Waals surface area (Å²) in [6.07, 6.45) is 2.06. The van der Waals surface area contributed by atoms with Gasteiger partial charge in [-0.05, 0) is 30.2 Å². The molecular weight excluding hydrogens is 212 g/mol. The minimum absolute atomic E-state index is 0.0221. The van der Waals surface area contributed by atoms with E-state index in [9.17, 15) is 4.79 Å². The van der Waals surface area contributed by atoms with Gasteiger partial charge in [0.1, 0.15) is 0 Å². The van der Waals surface area contributed by atoms with Gasteiger partial charge in [0.2, 0.25) is 0 Å². The fourth-order valence-electron chi connectivity index (χ4n) is 2.89. The van der Waals surface area contributed by atoms with Crippen molar-refractivity contribution in [2.75, 3.05) is 6.61 Å². The number of ether oxygens (including phenoxy) is 1. The second-order valence-electron chi connectivity index (χ2n) is 4.83. The third kappa shape index (κ3) is 2.51. The van der Waals surface area contributed by atoms with Crippen LogP contribution < -0.4 is 0 Å². The first-order valence-electron chi connectivity index (χ1n) is 6.45. The lowest BCUT2D eigenvalue weighted by Crippen LogP contribution is -2.34. The molecular formula is C15H20O2. The summed E-state index contributed by atoms with van der Waals surface area (Å²) in [6.45, 7) is 4.78. The van der Waals surface area contributed by atoms with E-state index in [0.717, 1.165) is 12.8 Å². The Bertz CT molecular complexity index is 372. The molecule has 3 atom stereocenters. The summed E-state index contributed by atoms with van der Waals surface area (Å²) >= 11 is 0. The molecule has 0 aromatic heterocycles. The van der Waals surface area contributed by atoms with E-state index >= 15 is 0 Å². The highest BCUT2D eigenvalue weighted by Gasteiger charge is 2.35. The number of carbonyl (C=O) groups excluding carboxylic acids is 1. The Labute approximate surface area is 103 Å². The molecule has 1 saturated heterocycles. The van der Waals surface area contributed by atoms with Gasteiger partial charge in [-0.25, -0.2) is 0 Å². The summed E-state index contributed by atoms with van der Waals surface area (Å²) in [5.41, 5.74) is 1.35. The first-order chi connectivity index (χ1) is 8.24. The summed E-state index contributed by atoms with van der Waals surface area (Å²) in [5, 5.41) is 0. The Kier molecular flexibility index (Phi) is 3.82. The van der Waals surface area contributed by atoms with Crippen LogP contribution in [0.5, 0.6) is 0 Å². The van der Waals surface area contributed by atoms with Crippen LogP contribution >= 0.6 is 0 Å². The van der Waals surface area contributed by atoms with E-state index in [-0.39, 0.29) is 11.9 Å². The van der Waals surface area contributed by atoms with Crippen LogP contribution in [0.15, 0.2) is 30.3 Å². The first-order valence-corrected chi connectivity index (χ1v) is 6.45. The van der Waals surface area contributed by atoms with Crippen molar-refractivity contribution in [1.82, 2.24) is 0 Å². The van der Waals surface area contributed by atoms with Crippen molar-refractivity contribution < 1.29 is 9.53 Å². The Morgan fingerprint density at radius 3 is 2.71 bits per heavy atom. The normalized spacial score (nSPS) is 26.4. The summed E-state index contributed by atoms with van der Waals surface area (Å²) in [4.78, 5) is 11.6. The molecule has 0 N–H and O–H groups in total. The largest absolute Gasteiger partial charge is 0.465 e. The predicted molar refractivity (Wildman–Crippen MR) is 67.7 cm³/mol. The SMILES string of the molecule is CCC(c1ccccc1)C1CCOC(=O)C1C. The molecule has 17 heavy (non-hydrogen) atoms. The van der Waals surface area contributed by atoms with E-state index < -0.39 is 0 Å². The van der Waals surface area contributed by atoms with Gasteiger partial charge in [-0.1, -0.05) is 44.2 Å². The van der Waals surface area contributed by atoms with Crippen LogP contribution in [0.3, 0.4) is 0 Å². The van der Waals surface area contributed by atoms with Crippen molar-refractivity contribution in [1.29, 1.82) is 0 Å². The number of hydrogen-bond donors (Lipinski definition) is 0. The molecule has 1 aromatic rings. The number of esters is 1. The first kappa shape index (κ1) is 12.2. The van der Waals surface area contributed by atoms with Crippen molar-refractivity contribution in [2.24, 2.45) is 11.8 Å². The minimum Gasteiger partial charge on any atom is -0.465 e. The molecule has 3 unspecified atom stereocenters. The van der Waals surface area contributed by atoms with E-state index in [2.05, 4.69) is 31.2 Å². The summed E-state index contributed by atoms with van der Waals surface area (Å²) in [7, 11) is 0. The standard InChI is InChI=1S/C15H20O2/c1-3-13(12-7-5-4-6-8-12)14-9-10-17-15(16)11(14)2/h4-8,11,13-14H,3,9-10H2,1-2H3. The Morgan fingerprint density at radius 1 is 1.35 bits per heavy atom. The Balaban J connectivity index is 2.21. The van der Waals surface area contributed by atoms with Gasteiger partial charge in [0.05, 0.1) is 12.5 Å². The molecule has 1 heterocycles. The highest BCUT2D eigenvalue weighted by Crippen LogP contribution is 2.37. The van der Waals surface area contributed by atoms with Crippen LogP contribution in [0.25, 0.3) is 0 Å². The van der Waals surface area contributed by atoms with Crippen molar-refractivity contribution in [3.63, 3.8) is 0 Å². The second-order valence-corrected chi connectivity index (χ2v) is 4.83. The zero-order valence-electron chi connectivity index (χ0n) is 10.6. The maximum atomic E-state index is 11.6. The molecule has 0 aliphatic carbocycles. The Morgan fingerprint density at radius 2 is 2.06 bits per heavy atom. The van der Waals surface area contributed by atoms with Crippen LogP contribution in [0.2, 0.25) is 0 Å². The molecule has 2 nitrogen and oxygen atoms in total. The monoisotopic (exact) mass is 232 g/mol. The number of benzene rings is 1. The molecule has 0 bridgehead atoms. The molecule has 2 rings (SSSR count). The highest BCUT2D eigenvalue weighted by molar-refractivity contribution is 5.73. The summed E-state index contributed by atoms with van der Waals surface area (Å²) in [6, 6.07) is 10.5. The highest BCUT2D eigenvalue weighted by atomic mass is 16.5. The average Bonchev–Trinajstić information content (AvgIpc) is 2.37.